The maximum Gasteiger partial charge on any atom is 0.0452 e. The third-order valence-corrected chi connectivity index (χ3v) is 2.51. The van der Waals surface area contributed by atoms with Crippen LogP contribution in [0.5, 0.6) is 0 Å². The Bertz CT molecular complexity index is 275. The Balaban J connectivity index is 4.80. The van der Waals surface area contributed by atoms with Gasteiger partial charge in [0.2, 0.25) is 0 Å². The second kappa shape index (κ2) is 7.47. The fraction of sp³-hybridized carbons (Fsp3) is 0.273. The second-order valence-corrected chi connectivity index (χ2v) is 3.52. The molecule has 0 rings (SSSR count). The predicted molar refractivity (Wildman–Crippen MR) is 66.4 cm³/mol. The molecule has 14 heavy (non-hydrogen) atoms. The molecule has 0 saturated heterocycles. The van der Waals surface area contributed by atoms with E-state index in [9.17, 15) is 0 Å². The fourth-order valence-electron chi connectivity index (χ4n) is 0.804. The van der Waals surface area contributed by atoms with Crippen molar-refractivity contribution in [1.82, 2.24) is 0 Å². The second-order valence-electron chi connectivity index (χ2n) is 2.84. The molecule has 0 bridgehead atoms. The summed E-state index contributed by atoms with van der Waals surface area (Å²) in [5.74, 6) is 0. The maximum absolute atomic E-state index is 5.46. The number of nitrogens with two attached hydrogens (primary N) is 2. The first-order valence-electron chi connectivity index (χ1n) is 4.48. The van der Waals surface area contributed by atoms with Crippen LogP contribution in [0.3, 0.4) is 0 Å². The van der Waals surface area contributed by atoms with Crippen LogP contribution < -0.4 is 10.9 Å². The van der Waals surface area contributed by atoms with Crippen LogP contribution in [-0.2, 0) is 0 Å². The lowest BCUT2D eigenvalue weighted by Crippen LogP contribution is -1.91. The van der Waals surface area contributed by atoms with E-state index in [1.54, 1.807) is 6.08 Å². The zero-order chi connectivity index (χ0) is 11.0. The Morgan fingerprint density at radius 1 is 1.43 bits per heavy atom. The highest BCUT2D eigenvalue weighted by Crippen LogP contribution is 2.19. The summed E-state index contributed by atoms with van der Waals surface area (Å²) in [7, 11) is 0. The zero-order valence-corrected chi connectivity index (χ0v) is 9.60. The summed E-state index contributed by atoms with van der Waals surface area (Å²) in [5.41, 5.74) is 7.69. The maximum atomic E-state index is 5.46. The molecular weight excluding hydrogens is 192 g/mol. The van der Waals surface area contributed by atoms with Gasteiger partial charge in [-0.1, -0.05) is 37.3 Å². The number of hydrogen-bond acceptors (Lipinski definition) is 3. The molecule has 2 nitrogen and oxygen atoms in total. The molecule has 0 aromatic rings. The van der Waals surface area contributed by atoms with Gasteiger partial charge in [0.05, 0.1) is 0 Å². The third kappa shape index (κ3) is 4.35. The Hall–Kier alpha value is -0.930. The molecule has 0 aliphatic heterocycles. The lowest BCUT2D eigenvalue weighted by atomic mass is 10.1. The topological polar surface area (TPSA) is 52.0 Å². The summed E-state index contributed by atoms with van der Waals surface area (Å²) in [5, 5.41) is 5.46. The van der Waals surface area contributed by atoms with Gasteiger partial charge in [-0.25, -0.2) is 0 Å². The summed E-state index contributed by atoms with van der Waals surface area (Å²) < 4.78 is 0. The van der Waals surface area contributed by atoms with Crippen molar-refractivity contribution in [3.05, 3.63) is 47.1 Å². The largest absolute Gasteiger partial charge is 0.404 e. The van der Waals surface area contributed by atoms with Gasteiger partial charge in [-0.2, -0.15) is 0 Å². The van der Waals surface area contributed by atoms with E-state index in [1.807, 2.05) is 6.08 Å². The van der Waals surface area contributed by atoms with Crippen molar-refractivity contribution in [1.29, 1.82) is 0 Å². The van der Waals surface area contributed by atoms with Crippen molar-refractivity contribution in [3.8, 4) is 0 Å². The first kappa shape index (κ1) is 13.1. The summed E-state index contributed by atoms with van der Waals surface area (Å²) in [6, 6.07) is 0. The van der Waals surface area contributed by atoms with E-state index >= 15 is 0 Å². The van der Waals surface area contributed by atoms with Crippen LogP contribution in [-0.4, -0.2) is 0 Å². The minimum Gasteiger partial charge on any atom is -0.404 e. The molecule has 0 aliphatic carbocycles. The molecule has 0 atom stereocenters. The minimum absolute atomic E-state index is 0.833. The molecule has 0 unspecified atom stereocenters. The van der Waals surface area contributed by atoms with E-state index in [2.05, 4.69) is 26.5 Å². The number of rotatable bonds is 5. The van der Waals surface area contributed by atoms with Crippen molar-refractivity contribution in [3.63, 3.8) is 0 Å². The first-order chi connectivity index (χ1) is 6.69. The van der Waals surface area contributed by atoms with Crippen molar-refractivity contribution in [2.75, 3.05) is 0 Å². The Morgan fingerprint density at radius 3 is 2.43 bits per heavy atom. The molecule has 0 heterocycles. The molecule has 78 valence electrons. The Kier molecular flexibility index (Phi) is 6.98. The molecule has 0 aromatic heterocycles. The van der Waals surface area contributed by atoms with Crippen molar-refractivity contribution >= 4 is 11.9 Å². The van der Waals surface area contributed by atoms with Crippen molar-refractivity contribution in [2.45, 2.75) is 20.3 Å². The van der Waals surface area contributed by atoms with Gasteiger partial charge in [0, 0.05) is 11.1 Å². The first-order valence-corrected chi connectivity index (χ1v) is 5.36. The molecule has 0 radical (unpaired) electrons. The highest BCUT2D eigenvalue weighted by molar-refractivity contribution is 8.01. The van der Waals surface area contributed by atoms with Crippen LogP contribution in [0.4, 0.5) is 0 Å². The SMILES string of the molecule is C=CC(=C\C=C(/C)CC)/C(=C/N)SN. The van der Waals surface area contributed by atoms with Gasteiger partial charge in [0.25, 0.3) is 0 Å². The van der Waals surface area contributed by atoms with Crippen molar-refractivity contribution < 1.29 is 0 Å². The van der Waals surface area contributed by atoms with Crippen LogP contribution in [0, 0.1) is 0 Å². The van der Waals surface area contributed by atoms with E-state index in [4.69, 9.17) is 10.9 Å². The summed E-state index contributed by atoms with van der Waals surface area (Å²) in [4.78, 5) is 0.833. The number of allylic oxidation sites excluding steroid dienone is 5. The Morgan fingerprint density at radius 2 is 2.07 bits per heavy atom. The molecule has 0 saturated carbocycles. The smallest absolute Gasteiger partial charge is 0.0452 e. The minimum atomic E-state index is 0.833. The zero-order valence-electron chi connectivity index (χ0n) is 8.79. The van der Waals surface area contributed by atoms with E-state index in [0.29, 0.717) is 0 Å². The fourth-order valence-corrected chi connectivity index (χ4v) is 1.17. The van der Waals surface area contributed by atoms with Crippen LogP contribution in [0.1, 0.15) is 20.3 Å². The lowest BCUT2D eigenvalue weighted by molar-refractivity contribution is 1.10. The lowest BCUT2D eigenvalue weighted by Gasteiger charge is -2.02. The normalized spacial score (nSPS) is 14.4. The quantitative estimate of drug-likeness (QED) is 0.542. The highest BCUT2D eigenvalue weighted by Gasteiger charge is 1.97. The molecule has 0 spiro atoms. The van der Waals surface area contributed by atoms with Gasteiger partial charge in [0.1, 0.15) is 0 Å². The van der Waals surface area contributed by atoms with Gasteiger partial charge >= 0.3 is 0 Å². The van der Waals surface area contributed by atoms with Crippen LogP contribution >= 0.6 is 11.9 Å². The van der Waals surface area contributed by atoms with Gasteiger partial charge in [-0.05, 0) is 30.9 Å². The molecular formula is C11H18N2S. The highest BCUT2D eigenvalue weighted by atomic mass is 32.2. The van der Waals surface area contributed by atoms with Crippen LogP contribution in [0.25, 0.3) is 0 Å². The standard InChI is InChI=1S/C11H18N2S/c1-4-9(3)6-7-10(5-2)11(8-12)14-13/h5-8H,2,4,12-13H2,1,3H3/b9-6+,10-7+,11-8-. The van der Waals surface area contributed by atoms with E-state index in [0.717, 1.165) is 28.8 Å². The molecule has 0 aromatic carbocycles. The number of hydrogen-bond donors (Lipinski definition) is 2. The molecule has 0 amide bonds. The molecule has 4 N–H and O–H groups in total. The van der Waals surface area contributed by atoms with Gasteiger partial charge < -0.3 is 5.73 Å². The van der Waals surface area contributed by atoms with Crippen LogP contribution in [0.2, 0.25) is 0 Å². The molecule has 0 aliphatic rings. The monoisotopic (exact) mass is 210 g/mol. The molecule has 0 fully saturated rings. The summed E-state index contributed by atoms with van der Waals surface area (Å²) >= 11 is 1.13. The third-order valence-electron chi connectivity index (χ3n) is 1.89. The van der Waals surface area contributed by atoms with E-state index < -0.39 is 0 Å². The van der Waals surface area contributed by atoms with Crippen LogP contribution in [0.15, 0.2) is 47.1 Å². The van der Waals surface area contributed by atoms with Gasteiger partial charge in [-0.15, -0.1) is 0 Å². The van der Waals surface area contributed by atoms with Crippen molar-refractivity contribution in [2.24, 2.45) is 10.9 Å². The van der Waals surface area contributed by atoms with Gasteiger partial charge in [-0.3, -0.25) is 5.14 Å². The average Bonchev–Trinajstić information content (AvgIpc) is 2.23. The predicted octanol–water partition coefficient (Wildman–Crippen LogP) is 2.86. The average molecular weight is 210 g/mol. The van der Waals surface area contributed by atoms with E-state index in [-0.39, 0.29) is 0 Å². The summed E-state index contributed by atoms with van der Waals surface area (Å²) in [6.45, 7) is 7.92. The molecule has 3 heteroatoms. The Labute approximate surface area is 90.6 Å². The van der Waals surface area contributed by atoms with E-state index in [1.165, 1.54) is 11.8 Å². The van der Waals surface area contributed by atoms with Gasteiger partial charge in [0.15, 0.2) is 0 Å². The summed E-state index contributed by atoms with van der Waals surface area (Å²) in [6.07, 6.45) is 8.31.